The Morgan fingerprint density at radius 2 is 1.45 bits per heavy atom. The topological polar surface area (TPSA) is 111 Å². The Bertz CT molecular complexity index is 1350. The number of aliphatic carboxylic acids is 1. The van der Waals surface area contributed by atoms with E-state index in [4.69, 9.17) is 19.3 Å². The summed E-state index contributed by atoms with van der Waals surface area (Å²) in [6.45, 7) is 5.19. The van der Waals surface area contributed by atoms with Gasteiger partial charge in [0.25, 0.3) is 0 Å². The molecule has 0 radical (unpaired) electrons. The van der Waals surface area contributed by atoms with E-state index < -0.39 is 24.6 Å². The first kappa shape index (κ1) is 26.9. The predicted molar refractivity (Wildman–Crippen MR) is 142 cm³/mol. The van der Waals surface area contributed by atoms with Gasteiger partial charge in [0.05, 0.1) is 25.8 Å². The Morgan fingerprint density at radius 1 is 0.868 bits per heavy atom. The molecule has 0 aromatic heterocycles. The third kappa shape index (κ3) is 5.40. The molecule has 0 saturated heterocycles. The molecule has 0 aliphatic heterocycles. The van der Waals surface area contributed by atoms with Gasteiger partial charge in [0, 0.05) is 5.92 Å². The highest BCUT2D eigenvalue weighted by molar-refractivity contribution is 5.89. The van der Waals surface area contributed by atoms with Crippen molar-refractivity contribution in [3.63, 3.8) is 0 Å². The van der Waals surface area contributed by atoms with E-state index in [1.54, 1.807) is 0 Å². The smallest absolute Gasteiger partial charge is 0.411 e. The largest absolute Gasteiger partial charge is 0.480 e. The molecule has 1 aliphatic rings. The van der Waals surface area contributed by atoms with Gasteiger partial charge < -0.3 is 19.3 Å². The molecule has 4 rings (SSSR count). The van der Waals surface area contributed by atoms with Crippen LogP contribution in [-0.2, 0) is 36.8 Å². The normalized spacial score (nSPS) is 12.0. The van der Waals surface area contributed by atoms with Gasteiger partial charge in [0.15, 0.2) is 0 Å². The van der Waals surface area contributed by atoms with Crippen molar-refractivity contribution < 1.29 is 33.7 Å². The zero-order chi connectivity index (χ0) is 27.4. The second-order valence-electron chi connectivity index (χ2n) is 9.30. The predicted octanol–water partition coefficient (Wildman–Crippen LogP) is 5.29. The quantitative estimate of drug-likeness (QED) is 0.371. The summed E-state index contributed by atoms with van der Waals surface area (Å²) in [7, 11) is 1.31. The summed E-state index contributed by atoms with van der Waals surface area (Å²) in [5, 5.41) is 11.8. The number of rotatable bonds is 9. The highest BCUT2D eigenvalue weighted by Crippen LogP contribution is 2.44. The molecule has 0 bridgehead atoms. The lowest BCUT2D eigenvalue weighted by Gasteiger charge is -2.22. The minimum absolute atomic E-state index is 0.000251. The number of fused-ring (bicyclic) bond motifs is 3. The van der Waals surface area contributed by atoms with Gasteiger partial charge >= 0.3 is 18.0 Å². The van der Waals surface area contributed by atoms with Crippen LogP contribution in [0.3, 0.4) is 0 Å². The second kappa shape index (κ2) is 11.5. The van der Waals surface area contributed by atoms with E-state index in [2.05, 4.69) is 29.6 Å². The molecule has 0 saturated carbocycles. The van der Waals surface area contributed by atoms with Gasteiger partial charge in [0.2, 0.25) is 0 Å². The molecular formula is C30H31NO7. The van der Waals surface area contributed by atoms with Crippen molar-refractivity contribution in [3.05, 3.63) is 87.5 Å². The molecule has 1 amide bonds. The number of methoxy groups -OCH3 is 1. The highest BCUT2D eigenvalue weighted by atomic mass is 16.5. The number of carbonyl (C=O) groups is 3. The fraction of sp³-hybridized carbons (Fsp3) is 0.300. The van der Waals surface area contributed by atoms with Gasteiger partial charge in [-0.1, -0.05) is 48.5 Å². The average molecular weight is 518 g/mol. The summed E-state index contributed by atoms with van der Waals surface area (Å²) in [4.78, 5) is 36.1. The Morgan fingerprint density at radius 3 is 2.03 bits per heavy atom. The van der Waals surface area contributed by atoms with Gasteiger partial charge in [0.1, 0.15) is 13.2 Å². The first-order chi connectivity index (χ1) is 18.2. The molecule has 8 nitrogen and oxygen atoms in total. The standard InChI is InChI=1S/C30H31NO7/c1-17-24(13-28(34)36-4)18(2)29(19(3)25(17)14-37-16-27(32)33)31-30(35)38-15-26-22-11-7-5-9-20(22)21-10-6-8-12-23(21)26/h5-12,26H,13-16H2,1-4H3,(H,31,35)(H,32,33). The van der Waals surface area contributed by atoms with Crippen molar-refractivity contribution in [1.29, 1.82) is 0 Å². The highest BCUT2D eigenvalue weighted by Gasteiger charge is 2.29. The molecule has 198 valence electrons. The van der Waals surface area contributed by atoms with E-state index in [1.807, 2.05) is 45.0 Å². The van der Waals surface area contributed by atoms with Crippen LogP contribution >= 0.6 is 0 Å². The second-order valence-corrected chi connectivity index (χ2v) is 9.30. The van der Waals surface area contributed by atoms with Crippen LogP contribution in [0.5, 0.6) is 0 Å². The third-order valence-electron chi connectivity index (χ3n) is 7.15. The molecule has 3 aromatic rings. The van der Waals surface area contributed by atoms with E-state index in [1.165, 1.54) is 7.11 Å². The van der Waals surface area contributed by atoms with E-state index in [0.717, 1.165) is 27.8 Å². The minimum Gasteiger partial charge on any atom is -0.480 e. The van der Waals surface area contributed by atoms with Gasteiger partial charge in [-0.25, -0.2) is 9.59 Å². The van der Waals surface area contributed by atoms with Crippen LogP contribution in [0.1, 0.15) is 44.9 Å². The number of amides is 1. The maximum atomic E-state index is 13.1. The SMILES string of the molecule is COC(=O)Cc1c(C)c(COCC(=O)O)c(C)c(NC(=O)OCC2c3ccccc3-c3ccccc32)c1C. The Kier molecular flexibility index (Phi) is 8.12. The van der Waals surface area contributed by atoms with Crippen LogP contribution in [0.2, 0.25) is 0 Å². The molecule has 1 aliphatic carbocycles. The Hall–Kier alpha value is -4.17. The van der Waals surface area contributed by atoms with Crippen LogP contribution in [0, 0.1) is 20.8 Å². The maximum Gasteiger partial charge on any atom is 0.411 e. The van der Waals surface area contributed by atoms with Crippen molar-refractivity contribution in [2.75, 3.05) is 25.6 Å². The molecule has 0 atom stereocenters. The van der Waals surface area contributed by atoms with Crippen molar-refractivity contribution in [3.8, 4) is 11.1 Å². The maximum absolute atomic E-state index is 13.1. The molecule has 38 heavy (non-hydrogen) atoms. The molecule has 3 aromatic carbocycles. The number of carboxylic acid groups (broad SMARTS) is 1. The zero-order valence-electron chi connectivity index (χ0n) is 21.9. The van der Waals surface area contributed by atoms with Crippen LogP contribution < -0.4 is 5.32 Å². The summed E-state index contributed by atoms with van der Waals surface area (Å²) in [6.07, 6.45) is -0.622. The Labute approximate surface area is 221 Å². The number of hydrogen-bond acceptors (Lipinski definition) is 6. The lowest BCUT2D eigenvalue weighted by Crippen LogP contribution is -2.21. The first-order valence-electron chi connectivity index (χ1n) is 12.3. The number of carboxylic acids is 1. The van der Waals surface area contributed by atoms with Crippen molar-refractivity contribution >= 4 is 23.7 Å². The van der Waals surface area contributed by atoms with Gasteiger partial charge in [-0.2, -0.15) is 0 Å². The molecule has 0 unspecified atom stereocenters. The van der Waals surface area contributed by atoms with E-state index in [-0.39, 0.29) is 25.6 Å². The van der Waals surface area contributed by atoms with E-state index >= 15 is 0 Å². The number of ether oxygens (including phenoxy) is 3. The first-order valence-corrected chi connectivity index (χ1v) is 12.3. The monoisotopic (exact) mass is 517 g/mol. The van der Waals surface area contributed by atoms with Crippen LogP contribution in [0.25, 0.3) is 11.1 Å². The number of carbonyl (C=O) groups excluding carboxylic acids is 2. The van der Waals surface area contributed by atoms with E-state index in [0.29, 0.717) is 27.9 Å². The van der Waals surface area contributed by atoms with Crippen molar-refractivity contribution in [1.82, 2.24) is 0 Å². The van der Waals surface area contributed by atoms with Gasteiger partial charge in [-0.15, -0.1) is 0 Å². The van der Waals surface area contributed by atoms with Crippen LogP contribution in [0.4, 0.5) is 10.5 Å². The third-order valence-corrected chi connectivity index (χ3v) is 7.15. The molecule has 8 heteroatoms. The number of nitrogens with one attached hydrogen (secondary N) is 1. The zero-order valence-corrected chi connectivity index (χ0v) is 21.9. The fourth-order valence-corrected chi connectivity index (χ4v) is 5.19. The summed E-state index contributed by atoms with van der Waals surface area (Å²) in [6, 6.07) is 16.2. The minimum atomic E-state index is -1.08. The summed E-state index contributed by atoms with van der Waals surface area (Å²) in [5.74, 6) is -1.59. The number of esters is 1. The number of hydrogen-bond donors (Lipinski definition) is 2. The molecule has 0 spiro atoms. The van der Waals surface area contributed by atoms with Crippen molar-refractivity contribution in [2.45, 2.75) is 39.7 Å². The van der Waals surface area contributed by atoms with Gasteiger partial charge in [-0.05, 0) is 70.8 Å². The lowest BCUT2D eigenvalue weighted by molar-refractivity contribution is -0.142. The number of anilines is 1. The Balaban J connectivity index is 1.58. The molecule has 0 fully saturated rings. The average Bonchev–Trinajstić information content (AvgIpc) is 3.23. The number of benzene rings is 3. The summed E-state index contributed by atoms with van der Waals surface area (Å²) in [5.41, 5.74) is 8.60. The summed E-state index contributed by atoms with van der Waals surface area (Å²) >= 11 is 0. The molecule has 0 heterocycles. The van der Waals surface area contributed by atoms with Gasteiger partial charge in [-0.3, -0.25) is 10.1 Å². The molecule has 2 N–H and O–H groups in total. The van der Waals surface area contributed by atoms with E-state index in [9.17, 15) is 14.4 Å². The van der Waals surface area contributed by atoms with Crippen molar-refractivity contribution in [2.24, 2.45) is 0 Å². The fourth-order valence-electron chi connectivity index (χ4n) is 5.19. The van der Waals surface area contributed by atoms with Crippen LogP contribution in [-0.4, -0.2) is 43.5 Å². The molecular weight excluding hydrogens is 486 g/mol. The summed E-state index contributed by atoms with van der Waals surface area (Å²) < 4.78 is 15.9. The van der Waals surface area contributed by atoms with Crippen LogP contribution in [0.15, 0.2) is 48.5 Å². The lowest BCUT2D eigenvalue weighted by atomic mass is 9.90.